The van der Waals surface area contributed by atoms with Crippen LogP contribution in [0, 0.1) is 5.92 Å². The molecule has 198 valence electrons. The Morgan fingerprint density at radius 1 is 1.03 bits per heavy atom. The smallest absolute Gasteiger partial charge is 0.290 e. The van der Waals surface area contributed by atoms with Crippen LogP contribution in [0.25, 0.3) is 17.0 Å². The highest BCUT2D eigenvalue weighted by Gasteiger charge is 2.30. The molecule has 3 aliphatic rings. The van der Waals surface area contributed by atoms with Gasteiger partial charge in [-0.1, -0.05) is 12.6 Å². The van der Waals surface area contributed by atoms with Crippen molar-refractivity contribution in [3.05, 3.63) is 53.6 Å². The van der Waals surface area contributed by atoms with E-state index in [0.717, 1.165) is 85.5 Å². The summed E-state index contributed by atoms with van der Waals surface area (Å²) in [5.41, 5.74) is 2.76. The number of amides is 4. The van der Waals surface area contributed by atoms with E-state index in [0.29, 0.717) is 4.91 Å². The zero-order chi connectivity index (χ0) is 26.6. The Bertz CT molecular complexity index is 1310. The molecule has 2 aromatic rings. The molecule has 0 unspecified atom stereocenters. The Kier molecular flexibility index (Phi) is 7.78. The van der Waals surface area contributed by atoms with E-state index >= 15 is 0 Å². The number of piperidine rings is 1. The maximum Gasteiger partial charge on any atom is 0.290 e. The summed E-state index contributed by atoms with van der Waals surface area (Å²) >= 11 is 0.905. The van der Waals surface area contributed by atoms with Gasteiger partial charge in [-0.3, -0.25) is 29.5 Å². The maximum absolute atomic E-state index is 12.9. The number of benzene rings is 1. The van der Waals surface area contributed by atoms with Gasteiger partial charge in [0.25, 0.3) is 11.1 Å². The number of imide groups is 1. The Balaban J connectivity index is 1.19. The third-order valence-electron chi connectivity index (χ3n) is 7.49. The van der Waals surface area contributed by atoms with Crippen molar-refractivity contribution in [1.82, 2.24) is 20.9 Å². The summed E-state index contributed by atoms with van der Waals surface area (Å²) in [6.45, 7) is 5.11. The second-order valence-corrected chi connectivity index (χ2v) is 11.0. The minimum absolute atomic E-state index is 0.00278. The summed E-state index contributed by atoms with van der Waals surface area (Å²) in [7, 11) is 0. The third-order valence-corrected chi connectivity index (χ3v) is 8.30. The zero-order valence-corrected chi connectivity index (χ0v) is 21.9. The summed E-state index contributed by atoms with van der Waals surface area (Å²) in [5.74, 6) is -0.409. The maximum atomic E-state index is 12.9. The van der Waals surface area contributed by atoms with Crippen LogP contribution in [0.4, 0.5) is 10.5 Å². The lowest BCUT2D eigenvalue weighted by molar-refractivity contribution is -0.127. The third kappa shape index (κ3) is 5.91. The molecule has 2 aliphatic heterocycles. The number of anilines is 1. The number of fused-ring (bicyclic) bond motifs is 1. The number of rotatable bonds is 6. The van der Waals surface area contributed by atoms with Gasteiger partial charge in [0, 0.05) is 48.4 Å². The standard InChI is InChI=1S/C28H31N5O4S/c1-2-25(34)30-19-6-4-18(5-7-19)26(35)31-20-10-13-33(14-11-20)23-9-12-29-22-8-3-17(15-21(22)23)16-24-27(36)32-28(37)38-24/h2-3,8-9,12,15-16,18-20H,1,4-7,10-11,13-14H2,(H,30,34)(H,31,35)(H,32,36,37)/b24-16-. The van der Waals surface area contributed by atoms with Crippen molar-refractivity contribution in [2.45, 2.75) is 50.6 Å². The Morgan fingerprint density at radius 2 is 1.76 bits per heavy atom. The van der Waals surface area contributed by atoms with Crippen molar-refractivity contribution in [2.24, 2.45) is 5.92 Å². The number of aromatic nitrogens is 1. The highest BCUT2D eigenvalue weighted by molar-refractivity contribution is 8.18. The first-order chi connectivity index (χ1) is 18.4. The highest BCUT2D eigenvalue weighted by atomic mass is 32.2. The molecule has 1 saturated carbocycles. The van der Waals surface area contributed by atoms with Crippen LogP contribution >= 0.6 is 11.8 Å². The van der Waals surface area contributed by atoms with Gasteiger partial charge in [-0.15, -0.1) is 0 Å². The first-order valence-electron chi connectivity index (χ1n) is 13.0. The molecule has 4 amide bonds. The number of hydrogen-bond acceptors (Lipinski definition) is 7. The average Bonchev–Trinajstić information content (AvgIpc) is 3.25. The molecule has 0 atom stereocenters. The van der Waals surface area contributed by atoms with Crippen molar-refractivity contribution in [2.75, 3.05) is 18.0 Å². The van der Waals surface area contributed by atoms with Gasteiger partial charge in [0.1, 0.15) is 0 Å². The molecule has 1 aromatic carbocycles. The fraction of sp³-hybridized carbons (Fsp3) is 0.393. The van der Waals surface area contributed by atoms with Crippen molar-refractivity contribution in [1.29, 1.82) is 0 Å². The molecule has 0 spiro atoms. The summed E-state index contributed by atoms with van der Waals surface area (Å²) < 4.78 is 0. The van der Waals surface area contributed by atoms with Crippen LogP contribution in [-0.4, -0.2) is 53.1 Å². The molecule has 10 heteroatoms. The molecular formula is C28H31N5O4S. The minimum Gasteiger partial charge on any atom is -0.371 e. The fourth-order valence-electron chi connectivity index (χ4n) is 5.43. The summed E-state index contributed by atoms with van der Waals surface area (Å²) in [6.07, 6.45) is 9.69. The molecule has 38 heavy (non-hydrogen) atoms. The highest BCUT2D eigenvalue weighted by Crippen LogP contribution is 2.31. The van der Waals surface area contributed by atoms with Gasteiger partial charge in [-0.2, -0.15) is 0 Å². The second kappa shape index (κ2) is 11.4. The largest absolute Gasteiger partial charge is 0.371 e. The summed E-state index contributed by atoms with van der Waals surface area (Å²) in [5, 5.41) is 9.11. The van der Waals surface area contributed by atoms with Gasteiger partial charge in [-0.25, -0.2) is 0 Å². The van der Waals surface area contributed by atoms with Gasteiger partial charge in [-0.05, 0) is 86.2 Å². The predicted octanol–water partition coefficient (Wildman–Crippen LogP) is 3.50. The van der Waals surface area contributed by atoms with Crippen LogP contribution in [0.15, 0.2) is 48.0 Å². The van der Waals surface area contributed by atoms with Crippen LogP contribution in [-0.2, 0) is 14.4 Å². The van der Waals surface area contributed by atoms with Gasteiger partial charge in [0.2, 0.25) is 11.8 Å². The molecule has 0 bridgehead atoms. The van der Waals surface area contributed by atoms with Gasteiger partial charge in [0.05, 0.1) is 10.4 Å². The Morgan fingerprint density at radius 3 is 2.45 bits per heavy atom. The SMILES string of the molecule is C=CC(=O)NC1CCC(C(=O)NC2CCN(c3ccnc4ccc(/C=C5\SC(=O)NC5=O)cc34)CC2)CC1. The fourth-order valence-corrected chi connectivity index (χ4v) is 6.11. The van der Waals surface area contributed by atoms with Crippen LogP contribution in [0.3, 0.4) is 0 Å². The number of carbonyl (C=O) groups is 4. The number of pyridine rings is 1. The quantitative estimate of drug-likeness (QED) is 0.486. The molecule has 1 aliphatic carbocycles. The number of nitrogens with one attached hydrogen (secondary N) is 3. The van der Waals surface area contributed by atoms with Gasteiger partial charge < -0.3 is 15.5 Å². The van der Waals surface area contributed by atoms with E-state index in [-0.39, 0.29) is 41.0 Å². The molecule has 2 saturated heterocycles. The van der Waals surface area contributed by atoms with E-state index in [2.05, 4.69) is 32.4 Å². The first-order valence-corrected chi connectivity index (χ1v) is 13.8. The second-order valence-electron chi connectivity index (χ2n) is 9.99. The predicted molar refractivity (Wildman–Crippen MR) is 148 cm³/mol. The van der Waals surface area contributed by atoms with Crippen LogP contribution in [0.5, 0.6) is 0 Å². The number of nitrogens with zero attached hydrogens (tertiary/aromatic N) is 2. The molecule has 3 N–H and O–H groups in total. The molecule has 3 fully saturated rings. The topological polar surface area (TPSA) is 120 Å². The summed E-state index contributed by atoms with van der Waals surface area (Å²) in [6, 6.07) is 8.09. The molecule has 9 nitrogen and oxygen atoms in total. The van der Waals surface area contributed by atoms with Gasteiger partial charge in [0.15, 0.2) is 0 Å². The molecule has 5 rings (SSSR count). The van der Waals surface area contributed by atoms with Crippen molar-refractivity contribution in [3.63, 3.8) is 0 Å². The lowest BCUT2D eigenvalue weighted by Crippen LogP contribution is -2.47. The van der Waals surface area contributed by atoms with Gasteiger partial charge >= 0.3 is 0 Å². The average molecular weight is 534 g/mol. The Labute approximate surface area is 225 Å². The molecule has 3 heterocycles. The normalized spacial score (nSPS) is 23.4. The van der Waals surface area contributed by atoms with E-state index < -0.39 is 0 Å². The van der Waals surface area contributed by atoms with Crippen molar-refractivity contribution < 1.29 is 19.2 Å². The van der Waals surface area contributed by atoms with E-state index in [1.54, 1.807) is 12.3 Å². The van der Waals surface area contributed by atoms with Crippen LogP contribution in [0.1, 0.15) is 44.1 Å². The van der Waals surface area contributed by atoms with E-state index in [9.17, 15) is 19.2 Å². The monoisotopic (exact) mass is 533 g/mol. The number of thioether (sulfide) groups is 1. The van der Waals surface area contributed by atoms with Crippen LogP contribution in [0.2, 0.25) is 0 Å². The first kappa shape index (κ1) is 26.0. The minimum atomic E-state index is -0.372. The molecule has 0 radical (unpaired) electrons. The molecule has 1 aromatic heterocycles. The summed E-state index contributed by atoms with van der Waals surface area (Å²) in [4.78, 5) is 55.1. The molecular weight excluding hydrogens is 502 g/mol. The van der Waals surface area contributed by atoms with E-state index in [1.807, 2.05) is 24.3 Å². The van der Waals surface area contributed by atoms with Crippen LogP contribution < -0.4 is 20.9 Å². The lowest BCUT2D eigenvalue weighted by Gasteiger charge is -2.35. The van der Waals surface area contributed by atoms with Crippen molar-refractivity contribution in [3.8, 4) is 0 Å². The number of hydrogen-bond donors (Lipinski definition) is 3. The zero-order valence-electron chi connectivity index (χ0n) is 21.1. The van der Waals surface area contributed by atoms with E-state index in [4.69, 9.17) is 0 Å². The van der Waals surface area contributed by atoms with Crippen molar-refractivity contribution >= 4 is 57.4 Å². The lowest BCUT2D eigenvalue weighted by atomic mass is 9.85. The van der Waals surface area contributed by atoms with E-state index in [1.165, 1.54) is 6.08 Å². The Hall–Kier alpha value is -3.66. The number of carbonyl (C=O) groups excluding carboxylic acids is 4.